The number of thioether (sulfide) groups is 1. The van der Waals surface area contributed by atoms with E-state index in [2.05, 4.69) is 96.6 Å². The van der Waals surface area contributed by atoms with Gasteiger partial charge in [-0.2, -0.15) is 26.7 Å². The number of aromatic nitrogens is 12. The van der Waals surface area contributed by atoms with Crippen molar-refractivity contribution in [3.05, 3.63) is 116 Å². The average Bonchev–Trinajstić information content (AvgIpc) is 1.65. The molecule has 27 heteroatoms. The molecule has 488 valence electrons. The van der Waals surface area contributed by atoms with E-state index in [0.717, 1.165) is 124 Å². The Hall–Kier alpha value is -8.30. The molecule has 14 rings (SSSR count). The second kappa shape index (κ2) is 26.7. The van der Waals surface area contributed by atoms with Gasteiger partial charge in [-0.05, 0) is 159 Å². The molecule has 0 saturated carbocycles. The third-order valence-corrected chi connectivity index (χ3v) is 23.8. The molecule has 3 N–H and O–H groups in total. The van der Waals surface area contributed by atoms with Crippen molar-refractivity contribution in [1.29, 1.82) is 0 Å². The van der Waals surface area contributed by atoms with Crippen molar-refractivity contribution in [3.63, 3.8) is 0 Å². The van der Waals surface area contributed by atoms with E-state index in [-0.39, 0.29) is 42.1 Å². The Labute approximate surface area is 539 Å². The predicted octanol–water partition coefficient (Wildman–Crippen LogP) is 12.2. The summed E-state index contributed by atoms with van der Waals surface area (Å²) in [5, 5.41) is 10.4. The first-order valence-corrected chi connectivity index (χ1v) is 37.8. The number of oxazole rings is 2. The van der Waals surface area contributed by atoms with Crippen LogP contribution in [0.5, 0.6) is 23.0 Å². The molecule has 92 heavy (non-hydrogen) atoms. The zero-order valence-electron chi connectivity index (χ0n) is 54.0. The Bertz CT molecular complexity index is 4540. The van der Waals surface area contributed by atoms with Crippen molar-refractivity contribution in [2.45, 2.75) is 110 Å². The van der Waals surface area contributed by atoms with E-state index in [4.69, 9.17) is 32.8 Å². The summed E-state index contributed by atoms with van der Waals surface area (Å²) < 4.78 is 40.1. The molecule has 2 fully saturated rings. The zero-order chi connectivity index (χ0) is 64.6. The number of nitrogens with one attached hydrogen (secondary N) is 3. The smallest absolute Gasteiger partial charge is 0.421 e. The number of benzene rings is 3. The lowest BCUT2D eigenvalue weighted by atomic mass is 10.1. The van der Waals surface area contributed by atoms with Gasteiger partial charge in [0.2, 0.25) is 24.6 Å². The van der Waals surface area contributed by atoms with Crippen LogP contribution >= 0.6 is 31.8 Å². The summed E-state index contributed by atoms with van der Waals surface area (Å²) in [6.45, 7) is 13.8. The molecule has 1 unspecified atom stereocenters. The summed E-state index contributed by atoms with van der Waals surface area (Å²) in [6, 6.07) is 11.9. The lowest BCUT2D eigenvalue weighted by Gasteiger charge is -2.39. The van der Waals surface area contributed by atoms with Crippen LogP contribution in [0.3, 0.4) is 0 Å². The largest absolute Gasteiger partial charge is 0.486 e. The van der Waals surface area contributed by atoms with E-state index in [1.807, 2.05) is 73.5 Å². The van der Waals surface area contributed by atoms with E-state index in [1.165, 1.54) is 11.5 Å². The lowest BCUT2D eigenvalue weighted by Crippen LogP contribution is -2.31. The van der Waals surface area contributed by atoms with Gasteiger partial charge in [-0.1, -0.05) is 27.2 Å². The van der Waals surface area contributed by atoms with Crippen LogP contribution in [0.25, 0.3) is 44.7 Å². The Morgan fingerprint density at radius 1 is 0.576 bits per heavy atom. The monoisotopic (exact) mass is 1310 g/mol. The molecular weight excluding hydrogens is 1230 g/mol. The van der Waals surface area contributed by atoms with Crippen LogP contribution in [-0.2, 0) is 7.05 Å². The highest BCUT2D eigenvalue weighted by atomic mass is 32.3. The molecule has 0 amide bonds. The molecule has 4 aliphatic rings. The van der Waals surface area contributed by atoms with E-state index in [1.54, 1.807) is 51.7 Å². The summed E-state index contributed by atoms with van der Waals surface area (Å²) in [7, 11) is 0.712. The molecule has 0 aliphatic carbocycles. The minimum absolute atomic E-state index is 0.0170. The van der Waals surface area contributed by atoms with Gasteiger partial charge in [0.15, 0.2) is 51.1 Å². The molecule has 1 atom stereocenters. The molecule has 0 spiro atoms. The molecule has 0 bridgehead atoms. The van der Waals surface area contributed by atoms with Gasteiger partial charge in [0.1, 0.15) is 18.7 Å². The molecule has 0 radical (unpaired) electrons. The molecular formula is C65H81N15O9S3. The van der Waals surface area contributed by atoms with Crippen molar-refractivity contribution in [3.8, 4) is 23.0 Å². The van der Waals surface area contributed by atoms with Crippen LogP contribution in [0.4, 0.5) is 34.9 Å². The quantitative estimate of drug-likeness (QED) is 0.0860. The number of nitrogens with zero attached hydrogens (tertiary/aromatic N) is 12. The maximum Gasteiger partial charge on any atom is 0.421 e. The molecule has 2 saturated heterocycles. The highest BCUT2D eigenvalue weighted by Crippen LogP contribution is 2.49. The zero-order valence-corrected chi connectivity index (χ0v) is 56.5. The number of hydrogen-bond acceptors (Lipinski definition) is 21. The Morgan fingerprint density at radius 3 is 1.64 bits per heavy atom. The van der Waals surface area contributed by atoms with Crippen LogP contribution in [-0.4, -0.2) is 137 Å². The summed E-state index contributed by atoms with van der Waals surface area (Å²) in [4.78, 5) is 74.2. The highest BCUT2D eigenvalue weighted by molar-refractivity contribution is 8.33. The molecule has 4 aliphatic heterocycles. The van der Waals surface area contributed by atoms with Crippen LogP contribution in [0.2, 0.25) is 0 Å². The van der Waals surface area contributed by atoms with Crippen LogP contribution in [0.15, 0.2) is 90.6 Å². The van der Waals surface area contributed by atoms with Gasteiger partial charge in [-0.25, -0.2) is 49.4 Å². The predicted molar refractivity (Wildman–Crippen MR) is 370 cm³/mol. The molecule has 11 heterocycles. The van der Waals surface area contributed by atoms with Gasteiger partial charge < -0.3 is 43.7 Å². The van der Waals surface area contributed by atoms with Crippen molar-refractivity contribution in [2.75, 3.05) is 89.7 Å². The number of rotatable bonds is 15. The van der Waals surface area contributed by atoms with E-state index in [9.17, 15) is 14.4 Å². The Balaban J connectivity index is 0.000000133. The van der Waals surface area contributed by atoms with Gasteiger partial charge >= 0.3 is 17.2 Å². The van der Waals surface area contributed by atoms with Crippen molar-refractivity contribution in [2.24, 2.45) is 7.05 Å². The first kappa shape index (κ1) is 63.8. The number of fused-ring (bicyclic) bond motifs is 6. The average molecular weight is 1310 g/mol. The first-order valence-electron chi connectivity index (χ1n) is 31.2. The van der Waals surface area contributed by atoms with E-state index >= 15 is 0 Å². The van der Waals surface area contributed by atoms with Gasteiger partial charge in [0.05, 0.1) is 29.6 Å². The van der Waals surface area contributed by atoms with Gasteiger partial charge in [-0.15, -0.1) is 0 Å². The maximum atomic E-state index is 13.0. The summed E-state index contributed by atoms with van der Waals surface area (Å²) in [6.07, 6.45) is 24.4. The number of imidazole rings is 1. The fourth-order valence-corrected chi connectivity index (χ4v) is 17.0. The minimum Gasteiger partial charge on any atom is -0.486 e. The SMILES string of the molecule is CCCC(CCSC(C)C)n1c(=O)oc2cnc(Nc3cc4c(cc3C)OCO4)nc21.Cc1cc2c(cc1Nc1ncc3c(n1)n(C1CCS(C)(C)CC1)c(=O)n3C)OCCO2.Cc1cc2nccnc2cc1Nc1ncc2oc(=O)n(C3CCS(C)(C)CC3)c2n1. The van der Waals surface area contributed by atoms with E-state index in [0.29, 0.717) is 75.9 Å². The van der Waals surface area contributed by atoms with Crippen LogP contribution < -0.4 is 52.1 Å². The topological polar surface area (TPSA) is 273 Å². The molecule has 10 aromatic rings. The summed E-state index contributed by atoms with van der Waals surface area (Å²) in [5.74, 6) is 9.10. The lowest BCUT2D eigenvalue weighted by molar-refractivity contribution is 0.171. The van der Waals surface area contributed by atoms with Crippen molar-refractivity contribution < 1.29 is 27.8 Å². The normalized spacial score (nSPS) is 17.0. The van der Waals surface area contributed by atoms with Crippen LogP contribution in [0.1, 0.15) is 101 Å². The number of hydrogen-bond donors (Lipinski definition) is 3. The summed E-state index contributed by atoms with van der Waals surface area (Å²) in [5.41, 5.74) is 10.5. The van der Waals surface area contributed by atoms with Crippen molar-refractivity contribution in [1.82, 2.24) is 58.1 Å². The Morgan fingerprint density at radius 2 is 1.05 bits per heavy atom. The highest BCUT2D eigenvalue weighted by Gasteiger charge is 2.31. The second-order valence-electron chi connectivity index (χ2n) is 25.2. The number of anilines is 6. The molecule has 7 aromatic heterocycles. The second-order valence-corrected chi connectivity index (χ2v) is 35.6. The third kappa shape index (κ3) is 13.9. The standard InChI is InChI=1S/C22H29N5O3S.C22H28N4O4S.C21H24N6O2S/c1-14-11-18-19(30-8-7-29-18)12-16(14)24-21-23-13-17-20(25-21)27(22(28)26(17)2)15-5-9-31(3,4)10-6-15;1-5-6-15(7-8-31-13(2)3)26-20-19(30-22(26)27)11-23-21(25-20)24-16-10-18-17(9-14(16)4)28-12-29-18;1-13-10-16-17(23-7-6-22-16)11-15(13)25-20-24-12-18-19(26-20)27(21(28)29-18)14-4-8-30(2,3)9-5-14/h11-13,15H,5-10H2,1-4H3,(H,23,24,25);9-11,13,15H,5-8,12H2,1-4H3,(H,23,24,25);6-7,10-12,14H,4-5,8-9H2,1-3H3,(H,24,25,26). The minimum atomic E-state index is -0.547. The van der Waals surface area contributed by atoms with Gasteiger partial charge in [-0.3, -0.25) is 28.2 Å². The van der Waals surface area contributed by atoms with Crippen molar-refractivity contribution >= 4 is 111 Å². The van der Waals surface area contributed by atoms with Gasteiger partial charge in [0.25, 0.3) is 0 Å². The maximum absolute atomic E-state index is 13.0. The van der Waals surface area contributed by atoms with E-state index < -0.39 is 20.1 Å². The number of aryl methyl sites for hydroxylation is 4. The molecule has 3 aromatic carbocycles. The fourth-order valence-electron chi connectivity index (χ4n) is 12.1. The third-order valence-electron chi connectivity index (χ3n) is 17.3. The number of ether oxygens (including phenoxy) is 4. The molecule has 24 nitrogen and oxygen atoms in total. The summed E-state index contributed by atoms with van der Waals surface area (Å²) >= 11 is 1.90. The fraction of sp³-hybridized carbons (Fsp3) is 0.462. The van der Waals surface area contributed by atoms with Gasteiger partial charge in [0, 0.05) is 66.8 Å². The first-order chi connectivity index (χ1) is 44.2. The van der Waals surface area contributed by atoms with Crippen LogP contribution in [0, 0.1) is 20.8 Å². The Kier molecular flexibility index (Phi) is 18.5.